The van der Waals surface area contributed by atoms with Crippen LogP contribution in [0.3, 0.4) is 0 Å². The van der Waals surface area contributed by atoms with Gasteiger partial charge in [0, 0.05) is 26.4 Å². The molecule has 0 amide bonds. The minimum Gasteiger partial charge on any atom is -0.379 e. The minimum atomic E-state index is 0.335. The van der Waals surface area contributed by atoms with Crippen molar-refractivity contribution in [2.45, 2.75) is 32.9 Å². The fourth-order valence-electron chi connectivity index (χ4n) is 1.31. The first-order chi connectivity index (χ1) is 7.20. The highest BCUT2D eigenvalue weighted by Crippen LogP contribution is 1.95. The van der Waals surface area contributed by atoms with Gasteiger partial charge in [0.1, 0.15) is 0 Å². The fraction of sp³-hybridized carbons (Fsp3) is 0.727. The zero-order valence-corrected chi connectivity index (χ0v) is 9.86. The first-order valence-electron chi connectivity index (χ1n) is 5.49. The van der Waals surface area contributed by atoms with Crippen LogP contribution in [0.25, 0.3) is 0 Å². The fourth-order valence-corrected chi connectivity index (χ4v) is 1.31. The van der Waals surface area contributed by atoms with Crippen molar-refractivity contribution in [2.24, 2.45) is 7.05 Å². The van der Waals surface area contributed by atoms with Crippen LogP contribution in [0.4, 0.5) is 0 Å². The number of ether oxygens (including phenoxy) is 1. The highest BCUT2D eigenvalue weighted by atomic mass is 16.5. The lowest BCUT2D eigenvalue weighted by molar-refractivity contribution is 0.0770. The van der Waals surface area contributed by atoms with Gasteiger partial charge in [-0.1, -0.05) is 0 Å². The molecule has 0 fully saturated rings. The summed E-state index contributed by atoms with van der Waals surface area (Å²) in [6.07, 6.45) is 3.21. The van der Waals surface area contributed by atoms with E-state index < -0.39 is 0 Å². The van der Waals surface area contributed by atoms with Gasteiger partial charge in [0.05, 0.1) is 11.8 Å². The molecule has 0 spiro atoms. The van der Waals surface area contributed by atoms with Crippen LogP contribution in [-0.2, 0) is 18.3 Å². The zero-order valence-electron chi connectivity index (χ0n) is 9.86. The second kappa shape index (κ2) is 6.58. The Hall–Kier alpha value is -0.870. The summed E-state index contributed by atoms with van der Waals surface area (Å²) in [6.45, 7) is 6.80. The van der Waals surface area contributed by atoms with Gasteiger partial charge in [0.15, 0.2) is 0 Å². The molecule has 4 heteroatoms. The van der Waals surface area contributed by atoms with Crippen molar-refractivity contribution in [3.05, 3.63) is 18.0 Å². The SMILES string of the molecule is CC(C)OCCCNCc1ccnn1C. The van der Waals surface area contributed by atoms with E-state index in [1.165, 1.54) is 5.69 Å². The quantitative estimate of drug-likeness (QED) is 0.691. The summed E-state index contributed by atoms with van der Waals surface area (Å²) in [7, 11) is 1.96. The molecule has 0 saturated heterocycles. The molecular formula is C11H21N3O. The van der Waals surface area contributed by atoms with E-state index in [0.717, 1.165) is 26.1 Å². The van der Waals surface area contributed by atoms with Crippen LogP contribution in [-0.4, -0.2) is 29.0 Å². The van der Waals surface area contributed by atoms with Crippen molar-refractivity contribution in [1.82, 2.24) is 15.1 Å². The molecule has 0 aliphatic carbocycles. The Morgan fingerprint density at radius 1 is 1.53 bits per heavy atom. The highest BCUT2D eigenvalue weighted by Gasteiger charge is 1.97. The Kier molecular flexibility index (Phi) is 5.36. The lowest BCUT2D eigenvalue weighted by atomic mass is 10.4. The van der Waals surface area contributed by atoms with E-state index in [1.807, 2.05) is 24.0 Å². The molecule has 0 radical (unpaired) electrons. The predicted molar refractivity (Wildman–Crippen MR) is 60.6 cm³/mol. The molecule has 15 heavy (non-hydrogen) atoms. The molecule has 0 aliphatic heterocycles. The van der Waals surface area contributed by atoms with Gasteiger partial charge in [0.2, 0.25) is 0 Å². The van der Waals surface area contributed by atoms with E-state index in [1.54, 1.807) is 0 Å². The van der Waals surface area contributed by atoms with Gasteiger partial charge in [-0.15, -0.1) is 0 Å². The van der Waals surface area contributed by atoms with Crippen molar-refractivity contribution < 1.29 is 4.74 Å². The molecule has 1 aromatic rings. The molecule has 1 aromatic heterocycles. The second-order valence-electron chi connectivity index (χ2n) is 3.90. The van der Waals surface area contributed by atoms with Gasteiger partial charge in [0.25, 0.3) is 0 Å². The Balaban J connectivity index is 2.00. The predicted octanol–water partition coefficient (Wildman–Crippen LogP) is 1.32. The van der Waals surface area contributed by atoms with Crippen LogP contribution >= 0.6 is 0 Å². The molecule has 4 nitrogen and oxygen atoms in total. The van der Waals surface area contributed by atoms with Crippen molar-refractivity contribution in [1.29, 1.82) is 0 Å². The van der Waals surface area contributed by atoms with Crippen LogP contribution in [0.1, 0.15) is 26.0 Å². The molecule has 86 valence electrons. The van der Waals surface area contributed by atoms with Gasteiger partial charge in [-0.3, -0.25) is 4.68 Å². The third-order valence-electron chi connectivity index (χ3n) is 2.18. The molecule has 1 rings (SSSR count). The number of nitrogens with one attached hydrogen (secondary N) is 1. The van der Waals surface area contributed by atoms with Crippen LogP contribution in [0.5, 0.6) is 0 Å². The van der Waals surface area contributed by atoms with Gasteiger partial charge in [-0.25, -0.2) is 0 Å². The summed E-state index contributed by atoms with van der Waals surface area (Å²) in [5.41, 5.74) is 1.21. The minimum absolute atomic E-state index is 0.335. The monoisotopic (exact) mass is 211 g/mol. The Bertz CT molecular complexity index is 271. The summed E-state index contributed by atoms with van der Waals surface area (Å²) in [5, 5.41) is 7.47. The third-order valence-corrected chi connectivity index (χ3v) is 2.18. The van der Waals surface area contributed by atoms with Crippen LogP contribution in [0.15, 0.2) is 12.3 Å². The number of aryl methyl sites for hydroxylation is 1. The van der Waals surface area contributed by atoms with E-state index in [9.17, 15) is 0 Å². The van der Waals surface area contributed by atoms with Crippen molar-refractivity contribution in [2.75, 3.05) is 13.2 Å². The first kappa shape index (κ1) is 12.2. The average molecular weight is 211 g/mol. The number of hydrogen-bond donors (Lipinski definition) is 1. The molecule has 1 N–H and O–H groups in total. The topological polar surface area (TPSA) is 39.1 Å². The molecule has 0 atom stereocenters. The number of nitrogens with zero attached hydrogens (tertiary/aromatic N) is 2. The van der Waals surface area contributed by atoms with Crippen LogP contribution < -0.4 is 5.32 Å². The third kappa shape index (κ3) is 4.95. The molecule has 0 saturated carbocycles. The maximum Gasteiger partial charge on any atom is 0.0518 e. The van der Waals surface area contributed by atoms with Gasteiger partial charge < -0.3 is 10.1 Å². The van der Waals surface area contributed by atoms with E-state index in [-0.39, 0.29) is 0 Å². The van der Waals surface area contributed by atoms with E-state index in [4.69, 9.17) is 4.74 Å². The van der Waals surface area contributed by atoms with Crippen LogP contribution in [0, 0.1) is 0 Å². The Morgan fingerprint density at radius 2 is 2.33 bits per heavy atom. The summed E-state index contributed by atoms with van der Waals surface area (Å²) in [4.78, 5) is 0. The number of aromatic nitrogens is 2. The van der Waals surface area contributed by atoms with Crippen molar-refractivity contribution in [3.63, 3.8) is 0 Å². The number of rotatable bonds is 7. The molecular weight excluding hydrogens is 190 g/mol. The normalized spacial score (nSPS) is 11.2. The van der Waals surface area contributed by atoms with Crippen molar-refractivity contribution >= 4 is 0 Å². The molecule has 0 bridgehead atoms. The molecule has 0 unspecified atom stereocenters. The Labute approximate surface area is 91.6 Å². The summed E-state index contributed by atoms with van der Waals surface area (Å²) >= 11 is 0. The maximum absolute atomic E-state index is 5.45. The lowest BCUT2D eigenvalue weighted by Gasteiger charge is -2.08. The van der Waals surface area contributed by atoms with E-state index in [0.29, 0.717) is 6.10 Å². The summed E-state index contributed by atoms with van der Waals surface area (Å²) < 4.78 is 7.33. The summed E-state index contributed by atoms with van der Waals surface area (Å²) in [5.74, 6) is 0. The Morgan fingerprint density at radius 3 is 2.93 bits per heavy atom. The molecule has 1 heterocycles. The van der Waals surface area contributed by atoms with Crippen LogP contribution in [0.2, 0.25) is 0 Å². The zero-order chi connectivity index (χ0) is 11.1. The van der Waals surface area contributed by atoms with Gasteiger partial charge in [-0.05, 0) is 32.9 Å². The van der Waals surface area contributed by atoms with Gasteiger partial charge >= 0.3 is 0 Å². The highest BCUT2D eigenvalue weighted by molar-refractivity contribution is 4.98. The second-order valence-corrected chi connectivity index (χ2v) is 3.90. The largest absolute Gasteiger partial charge is 0.379 e. The standard InChI is InChI=1S/C11H21N3O/c1-10(2)15-8-4-6-12-9-11-5-7-13-14(11)3/h5,7,10,12H,4,6,8-9H2,1-3H3. The van der Waals surface area contributed by atoms with Crippen molar-refractivity contribution in [3.8, 4) is 0 Å². The molecule has 0 aliphatic rings. The van der Waals surface area contributed by atoms with E-state index in [2.05, 4.69) is 24.3 Å². The van der Waals surface area contributed by atoms with E-state index >= 15 is 0 Å². The van der Waals surface area contributed by atoms with Gasteiger partial charge in [-0.2, -0.15) is 5.10 Å². The average Bonchev–Trinajstić information content (AvgIpc) is 2.57. The maximum atomic E-state index is 5.45. The summed E-state index contributed by atoms with van der Waals surface area (Å²) in [6, 6.07) is 2.03. The first-order valence-corrected chi connectivity index (χ1v) is 5.49. The number of hydrogen-bond acceptors (Lipinski definition) is 3. The molecule has 0 aromatic carbocycles. The smallest absolute Gasteiger partial charge is 0.0518 e. The lowest BCUT2D eigenvalue weighted by Crippen LogP contribution is -2.18.